The summed E-state index contributed by atoms with van der Waals surface area (Å²) in [6, 6.07) is 18.2. The lowest BCUT2D eigenvalue weighted by Gasteiger charge is -2.17. The molecule has 0 aliphatic carbocycles. The zero-order valence-corrected chi connectivity index (χ0v) is 17.6. The van der Waals surface area contributed by atoms with E-state index in [1.165, 1.54) is 38.5 Å². The predicted octanol–water partition coefficient (Wildman–Crippen LogP) is 4.07. The standard InChI is InChI=1S/C22H22N2O5S/c1-15-9-11-17(12-10-15)30(26,27)24-19-14-20(28-2)18(13-21(19)29-3)23-22(25)16-7-5-4-6-8-16/h4-14,24H,1-3H3,(H,23,25). The van der Waals surface area contributed by atoms with Crippen molar-refractivity contribution in [3.05, 3.63) is 77.9 Å². The number of nitrogens with one attached hydrogen (secondary N) is 2. The average molecular weight is 426 g/mol. The van der Waals surface area contributed by atoms with Gasteiger partial charge in [0.1, 0.15) is 11.5 Å². The highest BCUT2D eigenvalue weighted by Gasteiger charge is 2.20. The fourth-order valence-electron chi connectivity index (χ4n) is 2.78. The molecular formula is C22H22N2O5S. The SMILES string of the molecule is COc1cc(NS(=O)(=O)c2ccc(C)cc2)c(OC)cc1NC(=O)c1ccccc1. The summed E-state index contributed by atoms with van der Waals surface area (Å²) in [5.74, 6) is 0.181. The predicted molar refractivity (Wildman–Crippen MR) is 116 cm³/mol. The summed E-state index contributed by atoms with van der Waals surface area (Å²) in [7, 11) is -1.000. The second-order valence-corrected chi connectivity index (χ2v) is 8.17. The van der Waals surface area contributed by atoms with E-state index in [4.69, 9.17) is 9.47 Å². The molecule has 30 heavy (non-hydrogen) atoms. The second kappa shape index (κ2) is 8.87. The van der Waals surface area contributed by atoms with Gasteiger partial charge in [-0.05, 0) is 31.2 Å². The third kappa shape index (κ3) is 4.72. The fourth-order valence-corrected chi connectivity index (χ4v) is 3.84. The van der Waals surface area contributed by atoms with Crippen LogP contribution in [0.4, 0.5) is 11.4 Å². The number of benzene rings is 3. The Kier molecular flexibility index (Phi) is 6.27. The van der Waals surface area contributed by atoms with Crippen LogP contribution in [-0.4, -0.2) is 28.5 Å². The van der Waals surface area contributed by atoms with Crippen molar-refractivity contribution >= 4 is 27.3 Å². The Bertz CT molecular complexity index is 1140. The number of anilines is 2. The minimum absolute atomic E-state index is 0.121. The molecule has 0 saturated carbocycles. The number of ether oxygens (including phenoxy) is 2. The molecule has 0 radical (unpaired) electrons. The summed E-state index contributed by atoms with van der Waals surface area (Å²) in [6.45, 7) is 1.88. The van der Waals surface area contributed by atoms with Crippen LogP contribution in [0.3, 0.4) is 0 Å². The molecule has 3 aromatic carbocycles. The molecule has 156 valence electrons. The molecule has 0 heterocycles. The topological polar surface area (TPSA) is 93.7 Å². The van der Waals surface area contributed by atoms with E-state index in [0.717, 1.165) is 5.56 Å². The summed E-state index contributed by atoms with van der Waals surface area (Å²) in [6.07, 6.45) is 0. The molecule has 0 unspecified atom stereocenters. The van der Waals surface area contributed by atoms with E-state index in [9.17, 15) is 13.2 Å². The molecule has 1 amide bonds. The van der Waals surface area contributed by atoms with E-state index in [2.05, 4.69) is 10.0 Å². The van der Waals surface area contributed by atoms with Gasteiger partial charge < -0.3 is 14.8 Å². The zero-order chi connectivity index (χ0) is 21.7. The molecule has 3 aromatic rings. The van der Waals surface area contributed by atoms with Gasteiger partial charge in [0.25, 0.3) is 15.9 Å². The Morgan fingerprint density at radius 3 is 2.00 bits per heavy atom. The highest BCUT2D eigenvalue weighted by Crippen LogP contribution is 2.37. The first-order chi connectivity index (χ1) is 14.3. The van der Waals surface area contributed by atoms with Crippen LogP contribution < -0.4 is 19.5 Å². The molecule has 3 rings (SSSR count). The van der Waals surface area contributed by atoms with Gasteiger partial charge in [-0.15, -0.1) is 0 Å². The average Bonchev–Trinajstić information content (AvgIpc) is 2.75. The quantitative estimate of drug-likeness (QED) is 0.594. The number of rotatable bonds is 7. The first kappa shape index (κ1) is 21.2. The Morgan fingerprint density at radius 1 is 0.833 bits per heavy atom. The molecule has 0 aliphatic heterocycles. The molecular weight excluding hydrogens is 404 g/mol. The van der Waals surface area contributed by atoms with Crippen LogP contribution in [0.1, 0.15) is 15.9 Å². The van der Waals surface area contributed by atoms with Crippen LogP contribution in [0.2, 0.25) is 0 Å². The first-order valence-electron chi connectivity index (χ1n) is 9.06. The highest BCUT2D eigenvalue weighted by atomic mass is 32.2. The molecule has 0 aromatic heterocycles. The molecule has 8 heteroatoms. The van der Waals surface area contributed by atoms with Crippen LogP contribution in [0.25, 0.3) is 0 Å². The second-order valence-electron chi connectivity index (χ2n) is 6.49. The maximum absolute atomic E-state index is 12.8. The third-order valence-corrected chi connectivity index (χ3v) is 5.76. The van der Waals surface area contributed by atoms with E-state index in [1.54, 1.807) is 36.4 Å². The van der Waals surface area contributed by atoms with Crippen LogP contribution in [0.15, 0.2) is 71.6 Å². The van der Waals surface area contributed by atoms with E-state index in [-0.39, 0.29) is 28.0 Å². The van der Waals surface area contributed by atoms with Crippen molar-refractivity contribution in [2.75, 3.05) is 24.3 Å². The van der Waals surface area contributed by atoms with E-state index < -0.39 is 10.0 Å². The first-order valence-corrected chi connectivity index (χ1v) is 10.5. The smallest absolute Gasteiger partial charge is 0.262 e. The molecule has 7 nitrogen and oxygen atoms in total. The van der Waals surface area contributed by atoms with Crippen LogP contribution in [-0.2, 0) is 10.0 Å². The van der Waals surface area contributed by atoms with Gasteiger partial charge in [-0.1, -0.05) is 35.9 Å². The summed E-state index contributed by atoms with van der Waals surface area (Å²) in [5.41, 5.74) is 1.96. The number of aryl methyl sites for hydroxylation is 1. The molecule has 0 saturated heterocycles. The number of hydrogen-bond acceptors (Lipinski definition) is 5. The van der Waals surface area contributed by atoms with Crippen LogP contribution in [0, 0.1) is 6.92 Å². The van der Waals surface area contributed by atoms with Crippen molar-refractivity contribution in [1.82, 2.24) is 0 Å². The Labute approximate surface area is 175 Å². The monoisotopic (exact) mass is 426 g/mol. The third-order valence-electron chi connectivity index (χ3n) is 4.38. The van der Waals surface area contributed by atoms with E-state index in [0.29, 0.717) is 11.3 Å². The highest BCUT2D eigenvalue weighted by molar-refractivity contribution is 7.92. The lowest BCUT2D eigenvalue weighted by atomic mass is 10.2. The minimum atomic E-state index is -3.84. The Hall–Kier alpha value is -3.52. The lowest BCUT2D eigenvalue weighted by Crippen LogP contribution is -2.15. The van der Waals surface area contributed by atoms with Crippen molar-refractivity contribution in [2.45, 2.75) is 11.8 Å². The van der Waals surface area contributed by atoms with Gasteiger partial charge in [0.05, 0.1) is 30.5 Å². The molecule has 0 aliphatic rings. The minimum Gasteiger partial charge on any atom is -0.494 e. The summed E-state index contributed by atoms with van der Waals surface area (Å²) in [5, 5.41) is 2.76. The van der Waals surface area contributed by atoms with Gasteiger partial charge in [-0.2, -0.15) is 0 Å². The largest absolute Gasteiger partial charge is 0.494 e. The van der Waals surface area contributed by atoms with Gasteiger partial charge >= 0.3 is 0 Å². The molecule has 0 fully saturated rings. The van der Waals surface area contributed by atoms with Gasteiger partial charge in [-0.25, -0.2) is 8.42 Å². The van der Waals surface area contributed by atoms with E-state index in [1.807, 2.05) is 13.0 Å². The maximum atomic E-state index is 12.8. The number of carbonyl (C=O) groups excluding carboxylic acids is 1. The number of sulfonamides is 1. The number of hydrogen-bond donors (Lipinski definition) is 2. The van der Waals surface area contributed by atoms with Gasteiger partial charge in [0, 0.05) is 17.7 Å². The zero-order valence-electron chi connectivity index (χ0n) is 16.8. The summed E-state index contributed by atoms with van der Waals surface area (Å²) < 4.78 is 38.7. The van der Waals surface area contributed by atoms with Crippen molar-refractivity contribution in [2.24, 2.45) is 0 Å². The number of amides is 1. The number of methoxy groups -OCH3 is 2. The van der Waals surface area contributed by atoms with Gasteiger partial charge in [0.2, 0.25) is 0 Å². The molecule has 0 bridgehead atoms. The Morgan fingerprint density at radius 2 is 1.40 bits per heavy atom. The molecule has 2 N–H and O–H groups in total. The fraction of sp³-hybridized carbons (Fsp3) is 0.136. The van der Waals surface area contributed by atoms with Gasteiger partial charge in [-0.3, -0.25) is 9.52 Å². The van der Waals surface area contributed by atoms with Crippen molar-refractivity contribution < 1.29 is 22.7 Å². The molecule has 0 atom stereocenters. The summed E-state index contributed by atoms with van der Waals surface area (Å²) in [4.78, 5) is 12.6. The van der Waals surface area contributed by atoms with Crippen LogP contribution in [0.5, 0.6) is 11.5 Å². The van der Waals surface area contributed by atoms with Crippen molar-refractivity contribution in [3.63, 3.8) is 0 Å². The normalized spacial score (nSPS) is 10.9. The number of carbonyl (C=O) groups is 1. The molecule has 0 spiro atoms. The van der Waals surface area contributed by atoms with Crippen molar-refractivity contribution in [3.8, 4) is 11.5 Å². The van der Waals surface area contributed by atoms with Crippen LogP contribution >= 0.6 is 0 Å². The van der Waals surface area contributed by atoms with Crippen molar-refractivity contribution in [1.29, 1.82) is 0 Å². The lowest BCUT2D eigenvalue weighted by molar-refractivity contribution is 0.102. The summed E-state index contributed by atoms with van der Waals surface area (Å²) >= 11 is 0. The Balaban J connectivity index is 1.93. The van der Waals surface area contributed by atoms with E-state index >= 15 is 0 Å². The van der Waals surface area contributed by atoms with Gasteiger partial charge in [0.15, 0.2) is 0 Å². The maximum Gasteiger partial charge on any atom is 0.262 e.